The number of benzene rings is 2. The molecule has 3 aromatic rings. The molecule has 4 rings (SSSR count). The number of anilines is 1. The summed E-state index contributed by atoms with van der Waals surface area (Å²) in [4.78, 5) is 17.7. The van der Waals surface area contributed by atoms with E-state index < -0.39 is 0 Å². The van der Waals surface area contributed by atoms with Crippen molar-refractivity contribution in [2.45, 2.75) is 52.6 Å². The Morgan fingerprint density at radius 1 is 1.03 bits per heavy atom. The lowest BCUT2D eigenvalue weighted by Gasteiger charge is -2.44. The number of unbranched alkanes of at least 4 members (excludes halogenated alkanes) is 1. The topological polar surface area (TPSA) is 78.0 Å². The molecule has 0 radical (unpaired) electrons. The first-order chi connectivity index (χ1) is 15.6. The number of tetrazole rings is 1. The minimum absolute atomic E-state index is 0.0233. The SMILES string of the molecule is CCCCC1N(C)C(C)=C(CC)C(=O)N1c1ccc(-c2ccccc2-c2nn[nH]n2)cc1. The van der Waals surface area contributed by atoms with Crippen molar-refractivity contribution < 1.29 is 4.79 Å². The van der Waals surface area contributed by atoms with Crippen molar-refractivity contribution in [3.8, 4) is 22.5 Å². The molecule has 1 amide bonds. The number of allylic oxidation sites excluding steroid dienone is 1. The molecule has 0 saturated heterocycles. The van der Waals surface area contributed by atoms with Crippen LogP contribution in [-0.4, -0.2) is 44.6 Å². The van der Waals surface area contributed by atoms with Gasteiger partial charge in [0, 0.05) is 29.6 Å². The van der Waals surface area contributed by atoms with Crippen LogP contribution in [0.2, 0.25) is 0 Å². The van der Waals surface area contributed by atoms with E-state index in [1.807, 2.05) is 48.2 Å². The highest BCUT2D eigenvalue weighted by Crippen LogP contribution is 2.35. The summed E-state index contributed by atoms with van der Waals surface area (Å²) in [5.41, 5.74) is 5.86. The van der Waals surface area contributed by atoms with E-state index in [1.165, 1.54) is 0 Å². The number of amides is 1. The number of carbonyl (C=O) groups is 1. The molecule has 2 aromatic carbocycles. The van der Waals surface area contributed by atoms with Gasteiger partial charge in [-0.15, -0.1) is 10.2 Å². The first kappa shape index (κ1) is 21.7. The van der Waals surface area contributed by atoms with Gasteiger partial charge in [-0.25, -0.2) is 0 Å². The van der Waals surface area contributed by atoms with Crippen LogP contribution >= 0.6 is 0 Å². The van der Waals surface area contributed by atoms with Crippen LogP contribution in [0.3, 0.4) is 0 Å². The number of nitrogens with one attached hydrogen (secondary N) is 1. The maximum Gasteiger partial charge on any atom is 0.257 e. The quantitative estimate of drug-likeness (QED) is 0.570. The Labute approximate surface area is 189 Å². The zero-order chi connectivity index (χ0) is 22.7. The summed E-state index contributed by atoms with van der Waals surface area (Å²) in [5, 5.41) is 14.5. The summed E-state index contributed by atoms with van der Waals surface area (Å²) in [6.45, 7) is 6.29. The van der Waals surface area contributed by atoms with Gasteiger partial charge in [0.1, 0.15) is 6.17 Å². The van der Waals surface area contributed by atoms with Crippen LogP contribution < -0.4 is 4.90 Å². The van der Waals surface area contributed by atoms with Crippen LogP contribution in [0.5, 0.6) is 0 Å². The maximum atomic E-state index is 13.5. The Morgan fingerprint density at radius 2 is 1.75 bits per heavy atom. The van der Waals surface area contributed by atoms with E-state index >= 15 is 0 Å². The number of carbonyl (C=O) groups excluding carboxylic acids is 1. The molecule has 2 heterocycles. The monoisotopic (exact) mass is 430 g/mol. The molecule has 1 unspecified atom stereocenters. The number of H-pyrrole nitrogens is 1. The molecule has 0 bridgehead atoms. The Hall–Kier alpha value is -3.48. The van der Waals surface area contributed by atoms with E-state index in [4.69, 9.17) is 0 Å². The van der Waals surface area contributed by atoms with E-state index in [0.29, 0.717) is 5.82 Å². The van der Waals surface area contributed by atoms with Gasteiger partial charge in [0.15, 0.2) is 0 Å². The maximum absolute atomic E-state index is 13.5. The molecule has 32 heavy (non-hydrogen) atoms. The van der Waals surface area contributed by atoms with Gasteiger partial charge in [-0.2, -0.15) is 5.21 Å². The predicted octanol–water partition coefficient (Wildman–Crippen LogP) is 5.01. The summed E-state index contributed by atoms with van der Waals surface area (Å²) in [6.07, 6.45) is 3.86. The van der Waals surface area contributed by atoms with E-state index in [1.54, 1.807) is 0 Å². The Balaban J connectivity index is 1.71. The predicted molar refractivity (Wildman–Crippen MR) is 127 cm³/mol. The molecule has 0 spiro atoms. The highest BCUT2D eigenvalue weighted by atomic mass is 16.2. The van der Waals surface area contributed by atoms with E-state index in [-0.39, 0.29) is 12.1 Å². The second-order valence-electron chi connectivity index (χ2n) is 8.15. The van der Waals surface area contributed by atoms with Crippen molar-refractivity contribution in [1.29, 1.82) is 0 Å². The van der Waals surface area contributed by atoms with Gasteiger partial charge in [-0.1, -0.05) is 56.7 Å². The van der Waals surface area contributed by atoms with Crippen LogP contribution in [0.4, 0.5) is 5.69 Å². The minimum atomic E-state index is 0.0233. The van der Waals surface area contributed by atoms with Gasteiger partial charge >= 0.3 is 0 Å². The third-order valence-corrected chi connectivity index (χ3v) is 6.33. The minimum Gasteiger partial charge on any atom is -0.357 e. The highest BCUT2D eigenvalue weighted by molar-refractivity contribution is 6.07. The molecule has 1 N–H and O–H groups in total. The third kappa shape index (κ3) is 3.90. The Bertz CT molecular complexity index is 1100. The van der Waals surface area contributed by atoms with Crippen LogP contribution in [0.1, 0.15) is 46.5 Å². The Morgan fingerprint density at radius 3 is 2.38 bits per heavy atom. The standard InChI is InChI=1S/C25H30N6O/c1-5-7-12-23-30(4)17(3)20(6-2)25(32)31(23)19-15-13-18(14-16-19)21-10-8-9-11-22(21)24-26-28-29-27-24/h8-11,13-16,23H,5-7,12H2,1-4H3,(H,26,27,28,29). The first-order valence-corrected chi connectivity index (χ1v) is 11.3. The zero-order valence-corrected chi connectivity index (χ0v) is 19.2. The van der Waals surface area contributed by atoms with Gasteiger partial charge < -0.3 is 4.90 Å². The number of aromatic nitrogens is 4. The summed E-state index contributed by atoms with van der Waals surface area (Å²) < 4.78 is 0. The molecule has 1 aliphatic rings. The van der Waals surface area contributed by atoms with Crippen LogP contribution in [0, 0.1) is 0 Å². The normalized spacial score (nSPS) is 16.8. The molecule has 1 atom stereocenters. The molecule has 0 aliphatic carbocycles. The van der Waals surface area contributed by atoms with Crippen molar-refractivity contribution in [3.63, 3.8) is 0 Å². The van der Waals surface area contributed by atoms with Crippen LogP contribution in [0.15, 0.2) is 59.8 Å². The van der Waals surface area contributed by atoms with E-state index in [9.17, 15) is 4.79 Å². The molecular formula is C25H30N6O. The Kier molecular flexibility index (Phi) is 6.35. The molecular weight excluding hydrogens is 400 g/mol. The number of aromatic amines is 1. The fourth-order valence-electron chi connectivity index (χ4n) is 4.46. The molecule has 0 saturated carbocycles. The van der Waals surface area contributed by atoms with Gasteiger partial charge in [-0.3, -0.25) is 9.69 Å². The van der Waals surface area contributed by atoms with Crippen molar-refractivity contribution in [1.82, 2.24) is 25.5 Å². The van der Waals surface area contributed by atoms with Crippen molar-refractivity contribution in [2.75, 3.05) is 11.9 Å². The highest BCUT2D eigenvalue weighted by Gasteiger charge is 2.35. The fraction of sp³-hybridized carbons (Fsp3) is 0.360. The second-order valence-corrected chi connectivity index (χ2v) is 8.15. The summed E-state index contributed by atoms with van der Waals surface area (Å²) in [6, 6.07) is 16.2. The second kappa shape index (κ2) is 9.34. The molecule has 7 heteroatoms. The van der Waals surface area contributed by atoms with Gasteiger partial charge in [0.05, 0.1) is 0 Å². The van der Waals surface area contributed by atoms with Gasteiger partial charge in [-0.05, 0) is 54.7 Å². The summed E-state index contributed by atoms with van der Waals surface area (Å²) in [5.74, 6) is 0.675. The number of hydrogen-bond acceptors (Lipinski definition) is 5. The van der Waals surface area contributed by atoms with E-state index in [2.05, 4.69) is 58.6 Å². The summed E-state index contributed by atoms with van der Waals surface area (Å²) in [7, 11) is 2.10. The lowest BCUT2D eigenvalue weighted by molar-refractivity contribution is -0.117. The number of rotatable bonds is 7. The van der Waals surface area contributed by atoms with Crippen molar-refractivity contribution in [2.24, 2.45) is 0 Å². The molecule has 166 valence electrons. The largest absolute Gasteiger partial charge is 0.357 e. The molecule has 7 nitrogen and oxygen atoms in total. The van der Waals surface area contributed by atoms with Gasteiger partial charge in [0.2, 0.25) is 5.82 Å². The lowest BCUT2D eigenvalue weighted by atomic mass is 9.98. The summed E-state index contributed by atoms with van der Waals surface area (Å²) >= 11 is 0. The third-order valence-electron chi connectivity index (χ3n) is 6.33. The zero-order valence-electron chi connectivity index (χ0n) is 19.2. The van der Waals surface area contributed by atoms with E-state index in [0.717, 1.165) is 59.3 Å². The smallest absolute Gasteiger partial charge is 0.257 e. The van der Waals surface area contributed by atoms with Crippen LogP contribution in [-0.2, 0) is 4.79 Å². The molecule has 1 aromatic heterocycles. The fourth-order valence-corrected chi connectivity index (χ4v) is 4.46. The lowest BCUT2D eigenvalue weighted by Crippen LogP contribution is -2.54. The molecule has 0 fully saturated rings. The first-order valence-electron chi connectivity index (χ1n) is 11.3. The van der Waals surface area contributed by atoms with Crippen molar-refractivity contribution >= 4 is 11.6 Å². The van der Waals surface area contributed by atoms with Crippen molar-refractivity contribution in [3.05, 3.63) is 59.8 Å². The molecule has 1 aliphatic heterocycles. The number of hydrogen-bond donors (Lipinski definition) is 1. The van der Waals surface area contributed by atoms with Crippen LogP contribution in [0.25, 0.3) is 22.5 Å². The average Bonchev–Trinajstić information content (AvgIpc) is 3.36. The van der Waals surface area contributed by atoms with Gasteiger partial charge in [0.25, 0.3) is 5.91 Å². The number of nitrogens with zero attached hydrogens (tertiary/aromatic N) is 5. The average molecular weight is 431 g/mol.